The lowest BCUT2D eigenvalue weighted by atomic mass is 10.2. The molecule has 0 saturated heterocycles. The van der Waals surface area contributed by atoms with E-state index in [0.717, 1.165) is 23.5 Å². The molecule has 2 aromatic heterocycles. The molecule has 1 aromatic carbocycles. The Morgan fingerprint density at radius 1 is 1.23 bits per heavy atom. The standard InChI is InChI=1S/C27H32FN9O2/c1-7-25(38)31-20-14-21(24(39-6)15-23(20)36(5)12-11-35(3)4)32-26-29-16-30-27(33-26)37-22-13-18(28)9-8-10-19(22)17(2)34-37/h7-8,10,13-16H,1,9,11-12H2,2-6H3,(H,31,38)(H,29,30,32,33). The SMILES string of the molecule is C=CC(=O)Nc1cc(Nc2ncnc(-n3nc(C)c4c3C=C(F)CC=C4)n2)c(OC)cc1N(C)CCN(C)C. The van der Waals surface area contributed by atoms with Crippen LogP contribution in [0.3, 0.4) is 0 Å². The van der Waals surface area contributed by atoms with Gasteiger partial charge in [0.15, 0.2) is 0 Å². The van der Waals surface area contributed by atoms with Gasteiger partial charge in [0, 0.05) is 38.2 Å². The van der Waals surface area contributed by atoms with Crippen LogP contribution >= 0.6 is 0 Å². The van der Waals surface area contributed by atoms with Gasteiger partial charge in [0.05, 0.1) is 35.6 Å². The fourth-order valence-corrected chi connectivity index (χ4v) is 4.03. The number of carbonyl (C=O) groups is 1. The molecule has 11 nitrogen and oxygen atoms in total. The molecule has 0 bridgehead atoms. The minimum absolute atomic E-state index is 0.211. The van der Waals surface area contributed by atoms with Crippen molar-refractivity contribution in [2.75, 3.05) is 56.9 Å². The molecule has 2 N–H and O–H groups in total. The van der Waals surface area contributed by atoms with E-state index in [1.807, 2.05) is 45.1 Å². The van der Waals surface area contributed by atoms with Crippen LogP contribution in [0.2, 0.25) is 0 Å². The van der Waals surface area contributed by atoms with Gasteiger partial charge in [-0.25, -0.2) is 9.37 Å². The number of likely N-dealkylation sites (N-methyl/N-ethyl adjacent to an activating group) is 2. The largest absolute Gasteiger partial charge is 0.494 e. The highest BCUT2D eigenvalue weighted by Gasteiger charge is 2.19. The molecule has 0 radical (unpaired) electrons. The number of amides is 1. The molecule has 0 saturated carbocycles. The molecule has 1 aliphatic carbocycles. The number of benzene rings is 1. The number of allylic oxidation sites excluding steroid dienone is 2. The third kappa shape index (κ3) is 6.29. The predicted molar refractivity (Wildman–Crippen MR) is 151 cm³/mol. The molecule has 204 valence electrons. The van der Waals surface area contributed by atoms with Crippen LogP contribution in [0.5, 0.6) is 5.75 Å². The van der Waals surface area contributed by atoms with E-state index >= 15 is 0 Å². The third-order valence-corrected chi connectivity index (χ3v) is 6.08. The van der Waals surface area contributed by atoms with Crippen molar-refractivity contribution in [1.29, 1.82) is 0 Å². The Labute approximate surface area is 226 Å². The number of rotatable bonds is 10. The number of carbonyl (C=O) groups excluding carboxylic acids is 1. The first-order valence-electron chi connectivity index (χ1n) is 12.3. The van der Waals surface area contributed by atoms with Gasteiger partial charge in [0.25, 0.3) is 5.95 Å². The molecule has 39 heavy (non-hydrogen) atoms. The maximum atomic E-state index is 14.3. The monoisotopic (exact) mass is 533 g/mol. The van der Waals surface area contributed by atoms with Crippen molar-refractivity contribution in [2.45, 2.75) is 13.3 Å². The summed E-state index contributed by atoms with van der Waals surface area (Å²) in [4.78, 5) is 29.4. The van der Waals surface area contributed by atoms with Crippen molar-refractivity contribution in [3.63, 3.8) is 0 Å². The fourth-order valence-electron chi connectivity index (χ4n) is 4.03. The maximum absolute atomic E-state index is 14.3. The molecule has 3 aromatic rings. The summed E-state index contributed by atoms with van der Waals surface area (Å²) in [5.41, 5.74) is 3.91. The van der Waals surface area contributed by atoms with Gasteiger partial charge in [-0.15, -0.1) is 0 Å². The van der Waals surface area contributed by atoms with Crippen LogP contribution in [0, 0.1) is 6.92 Å². The van der Waals surface area contributed by atoms with Crippen molar-refractivity contribution in [3.8, 4) is 11.7 Å². The van der Waals surface area contributed by atoms with Crippen molar-refractivity contribution < 1.29 is 13.9 Å². The smallest absolute Gasteiger partial charge is 0.255 e. The summed E-state index contributed by atoms with van der Waals surface area (Å²) >= 11 is 0. The van der Waals surface area contributed by atoms with Gasteiger partial charge in [0.2, 0.25) is 11.9 Å². The number of methoxy groups -OCH3 is 1. The first-order chi connectivity index (χ1) is 18.7. The van der Waals surface area contributed by atoms with Gasteiger partial charge in [-0.2, -0.15) is 19.7 Å². The van der Waals surface area contributed by atoms with Crippen LogP contribution in [0.25, 0.3) is 18.1 Å². The number of anilines is 4. The van der Waals surface area contributed by atoms with Crippen LogP contribution in [0.4, 0.5) is 27.4 Å². The van der Waals surface area contributed by atoms with E-state index in [1.54, 1.807) is 19.3 Å². The van der Waals surface area contributed by atoms with Crippen LogP contribution in [-0.4, -0.2) is 76.9 Å². The Morgan fingerprint density at radius 3 is 2.74 bits per heavy atom. The fraction of sp³-hybridized carbons (Fsp3) is 0.296. The van der Waals surface area contributed by atoms with Gasteiger partial charge in [-0.3, -0.25) is 4.79 Å². The van der Waals surface area contributed by atoms with Gasteiger partial charge < -0.3 is 25.2 Å². The van der Waals surface area contributed by atoms with Crippen molar-refractivity contribution in [1.82, 2.24) is 29.6 Å². The lowest BCUT2D eigenvalue weighted by Gasteiger charge is -2.25. The first-order valence-corrected chi connectivity index (χ1v) is 12.3. The lowest BCUT2D eigenvalue weighted by Crippen LogP contribution is -2.29. The average Bonchev–Trinajstić information content (AvgIpc) is 3.08. The third-order valence-electron chi connectivity index (χ3n) is 6.08. The maximum Gasteiger partial charge on any atom is 0.255 e. The molecule has 4 rings (SSSR count). The Kier molecular flexibility index (Phi) is 8.35. The normalized spacial score (nSPS) is 12.4. The molecule has 0 aliphatic heterocycles. The summed E-state index contributed by atoms with van der Waals surface area (Å²) in [7, 11) is 7.49. The zero-order valence-corrected chi connectivity index (χ0v) is 22.7. The Hall–Kier alpha value is -4.58. The number of ether oxygens (including phenoxy) is 1. The van der Waals surface area contributed by atoms with E-state index in [-0.39, 0.29) is 30.1 Å². The zero-order chi connectivity index (χ0) is 28.1. The highest BCUT2D eigenvalue weighted by Crippen LogP contribution is 2.38. The minimum atomic E-state index is -0.347. The van der Waals surface area contributed by atoms with E-state index in [9.17, 15) is 9.18 Å². The highest BCUT2D eigenvalue weighted by molar-refractivity contribution is 6.02. The van der Waals surface area contributed by atoms with Crippen molar-refractivity contribution in [3.05, 3.63) is 60.0 Å². The second-order valence-electron chi connectivity index (χ2n) is 9.22. The van der Waals surface area contributed by atoms with Gasteiger partial charge in [-0.05, 0) is 39.2 Å². The minimum Gasteiger partial charge on any atom is -0.494 e. The van der Waals surface area contributed by atoms with E-state index in [0.29, 0.717) is 29.4 Å². The summed E-state index contributed by atoms with van der Waals surface area (Å²) in [6.07, 6.45) is 7.81. The number of hydrogen-bond acceptors (Lipinski definition) is 9. The van der Waals surface area contributed by atoms with Crippen LogP contribution in [-0.2, 0) is 4.79 Å². The van der Waals surface area contributed by atoms with Crippen molar-refractivity contribution >= 4 is 41.1 Å². The molecule has 0 atom stereocenters. The number of aromatic nitrogens is 5. The molecular weight excluding hydrogens is 501 g/mol. The summed E-state index contributed by atoms with van der Waals surface area (Å²) in [6.45, 7) is 6.93. The zero-order valence-electron chi connectivity index (χ0n) is 22.7. The van der Waals surface area contributed by atoms with Crippen LogP contribution < -0.4 is 20.3 Å². The Bertz CT molecular complexity index is 1450. The van der Waals surface area contributed by atoms with Gasteiger partial charge in [-0.1, -0.05) is 18.7 Å². The number of hydrogen-bond donors (Lipinski definition) is 2. The van der Waals surface area contributed by atoms with Crippen molar-refractivity contribution in [2.24, 2.45) is 0 Å². The Morgan fingerprint density at radius 2 is 2.03 bits per heavy atom. The summed E-state index contributed by atoms with van der Waals surface area (Å²) in [5, 5.41) is 10.5. The number of aryl methyl sites for hydroxylation is 1. The van der Waals surface area contributed by atoms with E-state index < -0.39 is 0 Å². The number of halogens is 1. The van der Waals surface area contributed by atoms with E-state index in [2.05, 4.69) is 42.2 Å². The first kappa shape index (κ1) is 27.5. The molecule has 0 unspecified atom stereocenters. The molecule has 1 amide bonds. The number of fused-ring (bicyclic) bond motifs is 1. The summed E-state index contributed by atoms with van der Waals surface area (Å²) in [5.74, 6) is 0.311. The molecule has 12 heteroatoms. The molecule has 1 aliphatic rings. The lowest BCUT2D eigenvalue weighted by molar-refractivity contribution is -0.111. The molecule has 2 heterocycles. The second kappa shape index (κ2) is 11.9. The summed E-state index contributed by atoms with van der Waals surface area (Å²) < 4.78 is 21.4. The quantitative estimate of drug-likeness (QED) is 0.374. The van der Waals surface area contributed by atoms with Crippen LogP contribution in [0.1, 0.15) is 23.4 Å². The molecular formula is C27H32FN9O2. The van der Waals surface area contributed by atoms with E-state index in [1.165, 1.54) is 23.2 Å². The Balaban J connectivity index is 1.71. The number of nitrogens with one attached hydrogen (secondary N) is 2. The topological polar surface area (TPSA) is 113 Å². The molecule has 0 spiro atoms. The van der Waals surface area contributed by atoms with Gasteiger partial charge in [0.1, 0.15) is 17.9 Å². The summed E-state index contributed by atoms with van der Waals surface area (Å²) in [6, 6.07) is 3.58. The van der Waals surface area contributed by atoms with E-state index in [4.69, 9.17) is 4.74 Å². The molecule has 0 fully saturated rings. The van der Waals surface area contributed by atoms with Crippen LogP contribution in [0.15, 0.2) is 43.0 Å². The predicted octanol–water partition coefficient (Wildman–Crippen LogP) is 3.97. The average molecular weight is 534 g/mol. The number of nitrogens with zero attached hydrogens (tertiary/aromatic N) is 7. The van der Waals surface area contributed by atoms with Gasteiger partial charge >= 0.3 is 0 Å². The highest BCUT2D eigenvalue weighted by atomic mass is 19.1. The second-order valence-corrected chi connectivity index (χ2v) is 9.22.